The molecule has 1 heterocycles. The van der Waals surface area contributed by atoms with Crippen molar-refractivity contribution >= 4 is 40.9 Å². The fourth-order valence-electron chi connectivity index (χ4n) is 1.44. The number of hydrogen-bond acceptors (Lipinski definition) is 4. The van der Waals surface area contributed by atoms with Crippen molar-refractivity contribution in [3.63, 3.8) is 0 Å². The van der Waals surface area contributed by atoms with Crippen LogP contribution in [-0.4, -0.2) is 21.0 Å². The van der Waals surface area contributed by atoms with Crippen LogP contribution in [0.4, 0.5) is 5.95 Å². The zero-order chi connectivity index (χ0) is 12.4. The molecular formula is C10H10Cl2N4S. The molecule has 2 N–H and O–H groups in total. The Bertz CT molecular complexity index is 521. The molecule has 17 heavy (non-hydrogen) atoms. The molecule has 4 nitrogen and oxygen atoms in total. The van der Waals surface area contributed by atoms with E-state index in [1.165, 1.54) is 11.8 Å². The van der Waals surface area contributed by atoms with Crippen molar-refractivity contribution < 1.29 is 0 Å². The van der Waals surface area contributed by atoms with E-state index in [0.717, 1.165) is 10.7 Å². The van der Waals surface area contributed by atoms with Crippen molar-refractivity contribution in [3.05, 3.63) is 33.8 Å². The van der Waals surface area contributed by atoms with Crippen molar-refractivity contribution in [2.45, 2.75) is 11.7 Å². The number of nitrogens with two attached hydrogens (primary N) is 1. The Labute approximate surface area is 113 Å². The number of thioether (sulfide) groups is 1. The Hall–Kier alpha value is -0.910. The van der Waals surface area contributed by atoms with Crippen LogP contribution >= 0.6 is 35.0 Å². The first kappa shape index (κ1) is 12.5. The van der Waals surface area contributed by atoms with Gasteiger partial charge in [-0.3, -0.25) is 4.57 Å². The topological polar surface area (TPSA) is 56.7 Å². The summed E-state index contributed by atoms with van der Waals surface area (Å²) < 4.78 is 1.78. The van der Waals surface area contributed by atoms with Crippen LogP contribution < -0.4 is 5.73 Å². The molecule has 2 aromatic rings. The number of anilines is 1. The van der Waals surface area contributed by atoms with Crippen molar-refractivity contribution in [1.82, 2.24) is 14.8 Å². The average molecular weight is 289 g/mol. The fraction of sp³-hybridized carbons (Fsp3) is 0.200. The van der Waals surface area contributed by atoms with E-state index >= 15 is 0 Å². The van der Waals surface area contributed by atoms with Crippen LogP contribution in [0.1, 0.15) is 5.56 Å². The van der Waals surface area contributed by atoms with Gasteiger partial charge in [-0.25, -0.2) is 0 Å². The maximum absolute atomic E-state index is 6.11. The number of rotatable bonds is 3. The summed E-state index contributed by atoms with van der Waals surface area (Å²) in [5.41, 5.74) is 6.57. The van der Waals surface area contributed by atoms with E-state index in [1.807, 2.05) is 6.26 Å². The number of nitrogens with zero attached hydrogens (tertiary/aromatic N) is 3. The molecule has 0 fully saturated rings. The predicted octanol–water partition coefficient (Wildman–Crippen LogP) is 2.94. The van der Waals surface area contributed by atoms with Crippen molar-refractivity contribution in [2.24, 2.45) is 0 Å². The van der Waals surface area contributed by atoms with Gasteiger partial charge in [-0.15, -0.1) is 10.2 Å². The molecule has 0 bridgehead atoms. The highest BCUT2D eigenvalue weighted by atomic mass is 35.5. The standard InChI is InChI=1S/C10H10Cl2N4S/c1-17-10-15-14-9(13)16(10)5-6-7(11)3-2-4-8(6)12/h2-4H,5H2,1H3,(H2,13,14). The fourth-order valence-corrected chi connectivity index (χ4v) is 2.46. The van der Waals surface area contributed by atoms with E-state index in [0.29, 0.717) is 22.5 Å². The van der Waals surface area contributed by atoms with E-state index in [2.05, 4.69) is 10.2 Å². The van der Waals surface area contributed by atoms with Crippen LogP contribution in [-0.2, 0) is 6.54 Å². The molecule has 7 heteroatoms. The summed E-state index contributed by atoms with van der Waals surface area (Å²) in [6, 6.07) is 5.39. The lowest BCUT2D eigenvalue weighted by Crippen LogP contribution is -2.06. The summed E-state index contributed by atoms with van der Waals surface area (Å²) in [7, 11) is 0. The molecule has 0 aliphatic rings. The smallest absolute Gasteiger partial charge is 0.223 e. The first-order valence-corrected chi connectivity index (χ1v) is 6.77. The van der Waals surface area contributed by atoms with Crippen molar-refractivity contribution in [3.8, 4) is 0 Å². The minimum absolute atomic E-state index is 0.352. The quantitative estimate of drug-likeness (QED) is 0.883. The summed E-state index contributed by atoms with van der Waals surface area (Å²) in [6.07, 6.45) is 1.91. The molecule has 0 amide bonds. The van der Waals surface area contributed by atoms with Crippen LogP contribution in [0.3, 0.4) is 0 Å². The van der Waals surface area contributed by atoms with Gasteiger partial charge in [0.05, 0.1) is 6.54 Å². The average Bonchev–Trinajstić information content (AvgIpc) is 2.65. The van der Waals surface area contributed by atoms with Crippen LogP contribution in [0.15, 0.2) is 23.4 Å². The van der Waals surface area contributed by atoms with Gasteiger partial charge in [0.1, 0.15) is 0 Å². The predicted molar refractivity (Wildman–Crippen MR) is 71.8 cm³/mol. The van der Waals surface area contributed by atoms with E-state index in [9.17, 15) is 0 Å². The lowest BCUT2D eigenvalue weighted by atomic mass is 10.2. The van der Waals surface area contributed by atoms with Gasteiger partial charge < -0.3 is 5.73 Å². The highest BCUT2D eigenvalue weighted by Gasteiger charge is 2.12. The minimum Gasteiger partial charge on any atom is -0.368 e. The number of nitrogen functional groups attached to an aromatic ring is 1. The van der Waals surface area contributed by atoms with Crippen LogP contribution in [0, 0.1) is 0 Å². The monoisotopic (exact) mass is 288 g/mol. The summed E-state index contributed by atoms with van der Waals surface area (Å²) in [4.78, 5) is 0. The maximum Gasteiger partial charge on any atom is 0.223 e. The molecule has 90 valence electrons. The Morgan fingerprint density at radius 2 is 1.94 bits per heavy atom. The number of hydrogen-bond donors (Lipinski definition) is 1. The molecular weight excluding hydrogens is 279 g/mol. The lowest BCUT2D eigenvalue weighted by molar-refractivity contribution is 0.718. The molecule has 1 aromatic carbocycles. The molecule has 2 rings (SSSR count). The van der Waals surface area contributed by atoms with E-state index in [1.54, 1.807) is 22.8 Å². The van der Waals surface area contributed by atoms with Crippen LogP contribution in [0.2, 0.25) is 10.0 Å². The molecule has 0 saturated heterocycles. The SMILES string of the molecule is CSc1nnc(N)n1Cc1c(Cl)cccc1Cl. The second kappa shape index (κ2) is 5.16. The Morgan fingerprint density at radius 1 is 1.29 bits per heavy atom. The highest BCUT2D eigenvalue weighted by molar-refractivity contribution is 7.98. The highest BCUT2D eigenvalue weighted by Crippen LogP contribution is 2.27. The Kier molecular flexibility index (Phi) is 3.81. The Balaban J connectivity index is 2.41. The molecule has 0 aliphatic heterocycles. The number of halogens is 2. The summed E-state index contributed by atoms with van der Waals surface area (Å²) in [5, 5.41) is 9.73. The van der Waals surface area contributed by atoms with Gasteiger partial charge in [0, 0.05) is 15.6 Å². The zero-order valence-electron chi connectivity index (χ0n) is 9.02. The van der Waals surface area contributed by atoms with Gasteiger partial charge in [-0.1, -0.05) is 41.0 Å². The van der Waals surface area contributed by atoms with Crippen LogP contribution in [0.25, 0.3) is 0 Å². The van der Waals surface area contributed by atoms with Gasteiger partial charge in [0.25, 0.3) is 0 Å². The zero-order valence-corrected chi connectivity index (χ0v) is 11.4. The van der Waals surface area contributed by atoms with E-state index in [-0.39, 0.29) is 0 Å². The minimum atomic E-state index is 0.352. The summed E-state index contributed by atoms with van der Waals surface area (Å²) in [6.45, 7) is 0.466. The van der Waals surface area contributed by atoms with Crippen molar-refractivity contribution in [1.29, 1.82) is 0 Å². The van der Waals surface area contributed by atoms with E-state index in [4.69, 9.17) is 28.9 Å². The van der Waals surface area contributed by atoms with Gasteiger partial charge in [0.2, 0.25) is 5.95 Å². The maximum atomic E-state index is 6.11. The van der Waals surface area contributed by atoms with Gasteiger partial charge >= 0.3 is 0 Å². The molecule has 1 aromatic heterocycles. The first-order valence-electron chi connectivity index (χ1n) is 4.79. The normalized spacial score (nSPS) is 10.8. The third-order valence-corrected chi connectivity index (χ3v) is 3.68. The van der Waals surface area contributed by atoms with Gasteiger partial charge in [-0.2, -0.15) is 0 Å². The first-order chi connectivity index (χ1) is 8.13. The van der Waals surface area contributed by atoms with Crippen molar-refractivity contribution in [2.75, 3.05) is 12.0 Å². The molecule has 0 radical (unpaired) electrons. The summed E-state index contributed by atoms with van der Waals surface area (Å²) >= 11 is 13.7. The van der Waals surface area contributed by atoms with Gasteiger partial charge in [0.15, 0.2) is 5.16 Å². The molecule has 0 spiro atoms. The Morgan fingerprint density at radius 3 is 2.53 bits per heavy atom. The molecule has 0 saturated carbocycles. The third-order valence-electron chi connectivity index (χ3n) is 2.31. The molecule has 0 aliphatic carbocycles. The third kappa shape index (κ3) is 2.51. The molecule has 0 unspecified atom stereocenters. The largest absolute Gasteiger partial charge is 0.368 e. The second-order valence-corrected chi connectivity index (χ2v) is 4.92. The lowest BCUT2D eigenvalue weighted by Gasteiger charge is -2.10. The van der Waals surface area contributed by atoms with Gasteiger partial charge in [-0.05, 0) is 18.4 Å². The number of benzene rings is 1. The second-order valence-electron chi connectivity index (χ2n) is 3.33. The molecule has 0 atom stereocenters. The summed E-state index contributed by atoms with van der Waals surface area (Å²) in [5.74, 6) is 0.352. The van der Waals surface area contributed by atoms with Crippen LogP contribution in [0.5, 0.6) is 0 Å². The number of aromatic nitrogens is 3. The van der Waals surface area contributed by atoms with E-state index < -0.39 is 0 Å².